The number of halogens is 1. The van der Waals surface area contributed by atoms with Gasteiger partial charge in [0.2, 0.25) is 0 Å². The van der Waals surface area contributed by atoms with Crippen LogP contribution in [-0.4, -0.2) is 20.8 Å². The number of hydrogen-bond donors (Lipinski definition) is 1. The third-order valence-corrected chi connectivity index (χ3v) is 2.69. The van der Waals surface area contributed by atoms with E-state index in [4.69, 9.17) is 16.3 Å². The van der Waals surface area contributed by atoms with Crippen LogP contribution in [0.1, 0.15) is 17.2 Å². The largest absolute Gasteiger partial charge is 0.383 e. The summed E-state index contributed by atoms with van der Waals surface area (Å²) in [5.74, 6) is 0. The maximum Gasteiger partial charge on any atom is 0.0657 e. The van der Waals surface area contributed by atoms with Crippen LogP contribution >= 0.6 is 11.6 Å². The minimum Gasteiger partial charge on any atom is -0.383 e. The zero-order valence-corrected chi connectivity index (χ0v) is 9.56. The van der Waals surface area contributed by atoms with E-state index < -0.39 is 0 Å². The molecule has 0 aromatic heterocycles. The van der Waals surface area contributed by atoms with Crippen molar-refractivity contribution in [3.05, 3.63) is 34.3 Å². The van der Waals surface area contributed by atoms with Crippen molar-refractivity contribution in [2.75, 3.05) is 20.8 Å². The number of nitrogens with one attached hydrogen (secondary N) is 1. The molecule has 0 aliphatic rings. The van der Waals surface area contributed by atoms with Gasteiger partial charge >= 0.3 is 0 Å². The average molecular weight is 214 g/mol. The Labute approximate surface area is 90.2 Å². The highest BCUT2D eigenvalue weighted by Gasteiger charge is 2.09. The summed E-state index contributed by atoms with van der Waals surface area (Å²) in [7, 11) is 3.63. The predicted octanol–water partition coefficient (Wildman–Crippen LogP) is 2.56. The molecule has 14 heavy (non-hydrogen) atoms. The van der Waals surface area contributed by atoms with Crippen LogP contribution in [0.25, 0.3) is 0 Å². The number of ether oxygens (including phenoxy) is 1. The molecule has 0 saturated carbocycles. The number of hydrogen-bond acceptors (Lipinski definition) is 2. The number of rotatable bonds is 4. The van der Waals surface area contributed by atoms with E-state index in [2.05, 4.69) is 11.4 Å². The Hall–Kier alpha value is -0.570. The minimum atomic E-state index is 0.232. The van der Waals surface area contributed by atoms with E-state index in [1.54, 1.807) is 7.11 Å². The highest BCUT2D eigenvalue weighted by atomic mass is 35.5. The second kappa shape index (κ2) is 5.35. The third kappa shape index (κ3) is 2.71. The van der Waals surface area contributed by atoms with Crippen LogP contribution in [0.2, 0.25) is 5.02 Å². The van der Waals surface area contributed by atoms with Gasteiger partial charge in [0.05, 0.1) is 12.6 Å². The van der Waals surface area contributed by atoms with Crippen molar-refractivity contribution < 1.29 is 4.74 Å². The van der Waals surface area contributed by atoms with Gasteiger partial charge in [0.1, 0.15) is 0 Å². The van der Waals surface area contributed by atoms with Gasteiger partial charge in [-0.05, 0) is 31.2 Å². The number of benzene rings is 1. The SMILES string of the molecule is CNC(COC)c1ccc(Cl)c(C)c1. The van der Waals surface area contributed by atoms with E-state index in [0.717, 1.165) is 10.6 Å². The van der Waals surface area contributed by atoms with Gasteiger partial charge in [0, 0.05) is 12.1 Å². The molecule has 0 heterocycles. The Morgan fingerprint density at radius 3 is 2.71 bits per heavy atom. The molecule has 1 rings (SSSR count). The second-order valence-corrected chi connectivity index (χ2v) is 3.71. The van der Waals surface area contributed by atoms with Crippen molar-refractivity contribution in [2.45, 2.75) is 13.0 Å². The summed E-state index contributed by atoms with van der Waals surface area (Å²) in [4.78, 5) is 0. The van der Waals surface area contributed by atoms with Crippen LogP contribution in [0, 0.1) is 6.92 Å². The fourth-order valence-corrected chi connectivity index (χ4v) is 1.52. The third-order valence-electron chi connectivity index (χ3n) is 2.27. The quantitative estimate of drug-likeness (QED) is 0.830. The average Bonchev–Trinajstić information content (AvgIpc) is 2.19. The molecule has 1 unspecified atom stereocenters. The van der Waals surface area contributed by atoms with Crippen molar-refractivity contribution in [3.8, 4) is 0 Å². The zero-order valence-electron chi connectivity index (χ0n) is 8.80. The fourth-order valence-electron chi connectivity index (χ4n) is 1.40. The maximum absolute atomic E-state index is 5.95. The summed E-state index contributed by atoms with van der Waals surface area (Å²) in [5, 5.41) is 4.00. The number of methoxy groups -OCH3 is 1. The van der Waals surface area contributed by atoms with Crippen molar-refractivity contribution in [3.63, 3.8) is 0 Å². The molecule has 0 radical (unpaired) electrons. The van der Waals surface area contributed by atoms with E-state index in [0.29, 0.717) is 6.61 Å². The first-order valence-corrected chi connectivity index (χ1v) is 4.99. The summed E-state index contributed by atoms with van der Waals surface area (Å²) in [5.41, 5.74) is 2.30. The molecule has 0 aliphatic carbocycles. The van der Waals surface area contributed by atoms with Crippen molar-refractivity contribution in [1.82, 2.24) is 5.32 Å². The fraction of sp³-hybridized carbons (Fsp3) is 0.455. The normalized spacial score (nSPS) is 12.9. The molecule has 1 aromatic rings. The lowest BCUT2D eigenvalue weighted by Gasteiger charge is -2.16. The van der Waals surface area contributed by atoms with Crippen LogP contribution in [0.3, 0.4) is 0 Å². The summed E-state index contributed by atoms with van der Waals surface area (Å²) in [6.07, 6.45) is 0. The Morgan fingerprint density at radius 1 is 1.50 bits per heavy atom. The Kier molecular flexibility index (Phi) is 4.39. The molecular weight excluding hydrogens is 198 g/mol. The molecule has 0 amide bonds. The minimum absolute atomic E-state index is 0.232. The molecule has 0 spiro atoms. The van der Waals surface area contributed by atoms with Crippen LogP contribution in [-0.2, 0) is 4.74 Å². The molecular formula is C11H16ClNO. The Bertz CT molecular complexity index is 301. The first-order chi connectivity index (χ1) is 6.69. The lowest BCUT2D eigenvalue weighted by atomic mass is 10.1. The summed E-state index contributed by atoms with van der Waals surface area (Å²) in [6.45, 7) is 2.67. The maximum atomic E-state index is 5.95. The highest BCUT2D eigenvalue weighted by Crippen LogP contribution is 2.20. The summed E-state index contributed by atoms with van der Waals surface area (Å²) >= 11 is 5.95. The molecule has 1 aromatic carbocycles. The highest BCUT2D eigenvalue weighted by molar-refractivity contribution is 6.31. The van der Waals surface area contributed by atoms with Gasteiger partial charge in [-0.2, -0.15) is 0 Å². The van der Waals surface area contributed by atoms with Gasteiger partial charge in [-0.15, -0.1) is 0 Å². The van der Waals surface area contributed by atoms with Crippen molar-refractivity contribution in [2.24, 2.45) is 0 Å². The van der Waals surface area contributed by atoms with Gasteiger partial charge in [-0.3, -0.25) is 0 Å². The molecule has 0 bridgehead atoms. The van der Waals surface area contributed by atoms with E-state index in [1.165, 1.54) is 5.56 Å². The van der Waals surface area contributed by atoms with E-state index in [-0.39, 0.29) is 6.04 Å². The van der Waals surface area contributed by atoms with Crippen molar-refractivity contribution in [1.29, 1.82) is 0 Å². The van der Waals surface area contributed by atoms with Crippen LogP contribution in [0.5, 0.6) is 0 Å². The predicted molar refractivity (Wildman–Crippen MR) is 59.9 cm³/mol. The number of likely N-dealkylation sites (N-methyl/N-ethyl adjacent to an activating group) is 1. The zero-order chi connectivity index (χ0) is 10.6. The van der Waals surface area contributed by atoms with E-state index in [9.17, 15) is 0 Å². The summed E-state index contributed by atoms with van der Waals surface area (Å²) in [6, 6.07) is 6.26. The molecule has 78 valence electrons. The van der Waals surface area contributed by atoms with Gasteiger partial charge in [0.15, 0.2) is 0 Å². The Balaban J connectivity index is 2.88. The molecule has 1 N–H and O–H groups in total. The number of aryl methyl sites for hydroxylation is 1. The molecule has 0 aliphatic heterocycles. The van der Waals surface area contributed by atoms with E-state index >= 15 is 0 Å². The van der Waals surface area contributed by atoms with Crippen LogP contribution in [0.15, 0.2) is 18.2 Å². The molecule has 3 heteroatoms. The molecule has 2 nitrogen and oxygen atoms in total. The monoisotopic (exact) mass is 213 g/mol. The standard InChI is InChI=1S/C11H16ClNO/c1-8-6-9(4-5-10(8)12)11(13-2)7-14-3/h4-6,11,13H,7H2,1-3H3. The topological polar surface area (TPSA) is 21.3 Å². The molecule has 1 atom stereocenters. The van der Waals surface area contributed by atoms with Gasteiger partial charge in [-0.1, -0.05) is 23.7 Å². The van der Waals surface area contributed by atoms with Gasteiger partial charge < -0.3 is 10.1 Å². The van der Waals surface area contributed by atoms with Crippen LogP contribution < -0.4 is 5.32 Å². The molecule has 0 saturated heterocycles. The van der Waals surface area contributed by atoms with Gasteiger partial charge in [-0.25, -0.2) is 0 Å². The lowest BCUT2D eigenvalue weighted by molar-refractivity contribution is 0.170. The smallest absolute Gasteiger partial charge is 0.0657 e. The Morgan fingerprint density at radius 2 is 2.21 bits per heavy atom. The van der Waals surface area contributed by atoms with Crippen molar-refractivity contribution >= 4 is 11.6 Å². The first-order valence-electron chi connectivity index (χ1n) is 4.61. The summed E-state index contributed by atoms with van der Waals surface area (Å²) < 4.78 is 5.12. The van der Waals surface area contributed by atoms with Crippen LogP contribution in [0.4, 0.5) is 0 Å². The lowest BCUT2D eigenvalue weighted by Crippen LogP contribution is -2.21. The first kappa shape index (κ1) is 11.5. The second-order valence-electron chi connectivity index (χ2n) is 3.31. The van der Waals surface area contributed by atoms with E-state index in [1.807, 2.05) is 26.1 Å². The van der Waals surface area contributed by atoms with Gasteiger partial charge in [0.25, 0.3) is 0 Å². The molecule has 0 fully saturated rings.